The first-order valence-corrected chi connectivity index (χ1v) is 5.62. The lowest BCUT2D eigenvalue weighted by Crippen LogP contribution is -2.39. The Bertz CT molecular complexity index is 250. The third-order valence-electron chi connectivity index (χ3n) is 2.72. The zero-order valence-electron chi connectivity index (χ0n) is 9.43. The second kappa shape index (κ2) is 6.20. The van der Waals surface area contributed by atoms with E-state index in [-0.39, 0.29) is 25.3 Å². The summed E-state index contributed by atoms with van der Waals surface area (Å²) in [5.74, 6) is -1.92. The van der Waals surface area contributed by atoms with Crippen molar-refractivity contribution < 1.29 is 22.7 Å². The molecule has 17 heavy (non-hydrogen) atoms. The van der Waals surface area contributed by atoms with Crippen LogP contribution in [0.25, 0.3) is 0 Å². The Hall–Kier alpha value is -0.820. The summed E-state index contributed by atoms with van der Waals surface area (Å²) < 4.78 is 40.8. The molecule has 0 atom stereocenters. The van der Waals surface area contributed by atoms with Crippen LogP contribution in [0, 0.1) is 0 Å². The predicted molar refractivity (Wildman–Crippen MR) is 55.2 cm³/mol. The van der Waals surface area contributed by atoms with E-state index in [1.54, 1.807) is 5.32 Å². The molecular formula is C10H17F3N2O2. The van der Waals surface area contributed by atoms with Crippen molar-refractivity contribution in [2.75, 3.05) is 13.2 Å². The molecule has 4 nitrogen and oxygen atoms in total. The van der Waals surface area contributed by atoms with Gasteiger partial charge in [0.15, 0.2) is 0 Å². The quantitative estimate of drug-likeness (QED) is 0.734. The summed E-state index contributed by atoms with van der Waals surface area (Å²) in [7, 11) is 0. The molecule has 0 unspecified atom stereocenters. The number of nitrogens with one attached hydrogen (secondary N) is 1. The highest BCUT2D eigenvalue weighted by Gasteiger charge is 2.38. The van der Waals surface area contributed by atoms with Crippen LogP contribution in [0.2, 0.25) is 0 Å². The van der Waals surface area contributed by atoms with Crippen LogP contribution in [0.5, 0.6) is 0 Å². The zero-order chi connectivity index (χ0) is 12.9. The highest BCUT2D eigenvalue weighted by molar-refractivity contribution is 5.81. The summed E-state index contributed by atoms with van der Waals surface area (Å²) in [5.41, 5.74) is 5.70. The van der Waals surface area contributed by atoms with E-state index < -0.39 is 12.1 Å². The van der Waals surface area contributed by atoms with Crippen molar-refractivity contribution in [2.24, 2.45) is 5.73 Å². The highest BCUT2D eigenvalue weighted by Crippen LogP contribution is 2.19. The zero-order valence-corrected chi connectivity index (χ0v) is 9.43. The Morgan fingerprint density at radius 3 is 2.41 bits per heavy atom. The van der Waals surface area contributed by atoms with Crippen molar-refractivity contribution in [3.05, 3.63) is 0 Å². The van der Waals surface area contributed by atoms with Crippen molar-refractivity contribution in [2.45, 2.75) is 44.0 Å². The lowest BCUT2D eigenvalue weighted by molar-refractivity contribution is -0.173. The van der Waals surface area contributed by atoms with Crippen molar-refractivity contribution >= 4 is 5.91 Å². The molecule has 0 saturated heterocycles. The number of hydrogen-bond acceptors (Lipinski definition) is 3. The molecule has 1 aliphatic carbocycles. The summed E-state index contributed by atoms with van der Waals surface area (Å²) in [4.78, 5) is 10.5. The van der Waals surface area contributed by atoms with Gasteiger partial charge in [0.1, 0.15) is 0 Å². The molecule has 100 valence electrons. The van der Waals surface area contributed by atoms with Crippen LogP contribution in [0.15, 0.2) is 0 Å². The fourth-order valence-electron chi connectivity index (χ4n) is 1.75. The van der Waals surface area contributed by atoms with Gasteiger partial charge < -0.3 is 15.8 Å². The van der Waals surface area contributed by atoms with Crippen LogP contribution in [0.4, 0.5) is 13.2 Å². The van der Waals surface area contributed by atoms with Crippen LogP contribution in [-0.2, 0) is 9.53 Å². The van der Waals surface area contributed by atoms with Gasteiger partial charge in [-0.3, -0.25) is 4.79 Å². The lowest BCUT2D eigenvalue weighted by Gasteiger charge is -2.26. The highest BCUT2D eigenvalue weighted by atomic mass is 19.4. The van der Waals surface area contributed by atoms with Crippen LogP contribution >= 0.6 is 0 Å². The van der Waals surface area contributed by atoms with E-state index in [1.807, 2.05) is 0 Å². The van der Waals surface area contributed by atoms with E-state index in [0.717, 1.165) is 25.7 Å². The van der Waals surface area contributed by atoms with Crippen LogP contribution in [0.1, 0.15) is 25.7 Å². The van der Waals surface area contributed by atoms with E-state index >= 15 is 0 Å². The van der Waals surface area contributed by atoms with Crippen molar-refractivity contribution in [1.29, 1.82) is 0 Å². The second-order valence-corrected chi connectivity index (χ2v) is 4.16. The minimum Gasteiger partial charge on any atom is -0.376 e. The minimum absolute atomic E-state index is 0.0533. The molecule has 1 rings (SSSR count). The predicted octanol–water partition coefficient (Wildman–Crippen LogP) is 0.951. The maximum Gasteiger partial charge on any atom is 0.471 e. The standard InChI is InChI=1S/C10H17F3N2O2/c11-10(12,13)9(16)15-5-6-17-8-3-1-7(14)2-4-8/h7-8H,1-6,14H2,(H,15,16). The summed E-state index contributed by atoms with van der Waals surface area (Å²) in [6.07, 6.45) is -1.36. The van der Waals surface area contributed by atoms with Gasteiger partial charge in [-0.1, -0.05) is 0 Å². The number of carbonyl (C=O) groups excluding carboxylic acids is 1. The van der Waals surface area contributed by atoms with Gasteiger partial charge in [0.2, 0.25) is 0 Å². The molecule has 0 heterocycles. The first-order valence-electron chi connectivity index (χ1n) is 5.62. The molecule has 0 aromatic heterocycles. The van der Waals surface area contributed by atoms with Crippen molar-refractivity contribution in [1.82, 2.24) is 5.32 Å². The Balaban J connectivity index is 2.07. The third-order valence-corrected chi connectivity index (χ3v) is 2.72. The topological polar surface area (TPSA) is 64.3 Å². The SMILES string of the molecule is NC1CCC(OCCNC(=O)C(F)(F)F)CC1. The third kappa shape index (κ3) is 5.36. The molecule has 0 bridgehead atoms. The summed E-state index contributed by atoms with van der Waals surface area (Å²) in [6.45, 7) is -0.0252. The number of carbonyl (C=O) groups is 1. The maximum absolute atomic E-state index is 11.8. The average Bonchev–Trinajstić information content (AvgIpc) is 2.25. The van der Waals surface area contributed by atoms with Gasteiger partial charge in [-0.05, 0) is 25.7 Å². The number of rotatable bonds is 4. The molecule has 0 aliphatic heterocycles. The first kappa shape index (κ1) is 14.2. The van der Waals surface area contributed by atoms with Crippen molar-refractivity contribution in [3.63, 3.8) is 0 Å². The molecule has 0 spiro atoms. The smallest absolute Gasteiger partial charge is 0.376 e. The maximum atomic E-state index is 11.8. The van der Waals surface area contributed by atoms with Crippen LogP contribution in [0.3, 0.4) is 0 Å². The number of amides is 1. The summed E-state index contributed by atoms with van der Waals surface area (Å²) >= 11 is 0. The molecule has 0 aromatic rings. The molecule has 3 N–H and O–H groups in total. The van der Waals surface area contributed by atoms with E-state index in [2.05, 4.69) is 0 Å². The Kier molecular flexibility index (Phi) is 5.20. The molecule has 1 saturated carbocycles. The largest absolute Gasteiger partial charge is 0.471 e. The number of halogens is 3. The molecule has 0 radical (unpaired) electrons. The summed E-state index contributed by atoms with van der Waals surface area (Å²) in [5, 5.41) is 1.76. The summed E-state index contributed by atoms with van der Waals surface area (Å²) in [6, 6.07) is 0.208. The first-order chi connectivity index (χ1) is 7.89. The van der Waals surface area contributed by atoms with Crippen LogP contribution < -0.4 is 11.1 Å². The van der Waals surface area contributed by atoms with Gasteiger partial charge >= 0.3 is 12.1 Å². The number of ether oxygens (including phenoxy) is 1. The van der Waals surface area contributed by atoms with Gasteiger partial charge in [-0.25, -0.2) is 0 Å². The van der Waals surface area contributed by atoms with E-state index in [0.29, 0.717) is 0 Å². The Morgan fingerprint density at radius 1 is 1.29 bits per heavy atom. The monoisotopic (exact) mass is 254 g/mol. The number of alkyl halides is 3. The number of nitrogens with two attached hydrogens (primary N) is 1. The molecule has 1 fully saturated rings. The van der Waals surface area contributed by atoms with Gasteiger partial charge in [-0.15, -0.1) is 0 Å². The number of hydrogen-bond donors (Lipinski definition) is 2. The molecule has 7 heteroatoms. The second-order valence-electron chi connectivity index (χ2n) is 4.16. The normalized spacial score (nSPS) is 25.6. The van der Waals surface area contributed by atoms with Gasteiger partial charge in [0.05, 0.1) is 12.7 Å². The fourth-order valence-corrected chi connectivity index (χ4v) is 1.75. The van der Waals surface area contributed by atoms with E-state index in [4.69, 9.17) is 10.5 Å². The molecule has 1 amide bonds. The van der Waals surface area contributed by atoms with Gasteiger partial charge in [0.25, 0.3) is 0 Å². The van der Waals surface area contributed by atoms with Crippen LogP contribution in [-0.4, -0.2) is 37.4 Å². The molecule has 0 aromatic carbocycles. The minimum atomic E-state index is -4.82. The molecule has 1 aliphatic rings. The van der Waals surface area contributed by atoms with Gasteiger partial charge in [0, 0.05) is 12.6 Å². The van der Waals surface area contributed by atoms with Gasteiger partial charge in [-0.2, -0.15) is 13.2 Å². The van der Waals surface area contributed by atoms with Crippen molar-refractivity contribution in [3.8, 4) is 0 Å². The Labute approximate surface area is 97.7 Å². The Morgan fingerprint density at radius 2 is 1.88 bits per heavy atom. The molecular weight excluding hydrogens is 237 g/mol. The van der Waals surface area contributed by atoms with E-state index in [1.165, 1.54) is 0 Å². The lowest BCUT2D eigenvalue weighted by atomic mass is 9.94. The average molecular weight is 254 g/mol. The fraction of sp³-hybridized carbons (Fsp3) is 0.900. The van der Waals surface area contributed by atoms with E-state index in [9.17, 15) is 18.0 Å².